The number of hydrogen-bond donors (Lipinski definition) is 1. The van der Waals surface area contributed by atoms with Crippen LogP contribution < -0.4 is 5.73 Å². The second-order valence-corrected chi connectivity index (χ2v) is 8.39. The Kier molecular flexibility index (Phi) is 6.76. The predicted octanol–water partition coefficient (Wildman–Crippen LogP) is 2.57. The number of thioether (sulfide) groups is 1. The van der Waals surface area contributed by atoms with Crippen LogP contribution in [0.25, 0.3) is 0 Å². The van der Waals surface area contributed by atoms with Gasteiger partial charge in [0.1, 0.15) is 0 Å². The summed E-state index contributed by atoms with van der Waals surface area (Å²) in [7, 11) is 0. The van der Waals surface area contributed by atoms with Crippen molar-refractivity contribution < 1.29 is 4.79 Å². The standard InChI is InChI=1S/C18H31N5OS/c1-25-12-9-16(19)18(24)22-10-7-15(8-11-22)23-13-17(20-21-23)14-5-3-2-4-6-14/h13-16H,2-12,19H2,1H3/t16-/m0/s1. The van der Waals surface area contributed by atoms with E-state index in [9.17, 15) is 4.79 Å². The van der Waals surface area contributed by atoms with Crippen LogP contribution in [0.15, 0.2) is 6.20 Å². The molecule has 1 aliphatic heterocycles. The van der Waals surface area contributed by atoms with Crippen LogP contribution in [-0.4, -0.2) is 56.9 Å². The molecule has 2 aliphatic rings. The van der Waals surface area contributed by atoms with Gasteiger partial charge in [0.15, 0.2) is 0 Å². The molecule has 1 aromatic heterocycles. The van der Waals surface area contributed by atoms with E-state index in [1.807, 2.05) is 15.8 Å². The Bertz CT molecular complexity index is 549. The normalized spacial score (nSPS) is 21.4. The van der Waals surface area contributed by atoms with Crippen LogP contribution in [0.1, 0.15) is 69.0 Å². The van der Waals surface area contributed by atoms with E-state index in [0.29, 0.717) is 12.0 Å². The molecule has 1 aromatic rings. The first-order valence-corrected chi connectivity index (χ1v) is 11.0. The molecule has 7 heteroatoms. The fraction of sp³-hybridized carbons (Fsp3) is 0.833. The zero-order valence-electron chi connectivity index (χ0n) is 15.3. The van der Waals surface area contributed by atoms with Crippen LogP contribution in [0.5, 0.6) is 0 Å². The highest BCUT2D eigenvalue weighted by Gasteiger charge is 2.28. The maximum atomic E-state index is 12.4. The summed E-state index contributed by atoms with van der Waals surface area (Å²) in [5.41, 5.74) is 7.20. The van der Waals surface area contributed by atoms with Gasteiger partial charge >= 0.3 is 0 Å². The fourth-order valence-electron chi connectivity index (χ4n) is 4.01. The molecule has 0 aromatic carbocycles. The van der Waals surface area contributed by atoms with Crippen LogP contribution in [-0.2, 0) is 4.79 Å². The number of amides is 1. The van der Waals surface area contributed by atoms with Gasteiger partial charge in [0.05, 0.1) is 17.8 Å². The van der Waals surface area contributed by atoms with Crippen molar-refractivity contribution >= 4 is 17.7 Å². The van der Waals surface area contributed by atoms with Crippen LogP contribution in [0.4, 0.5) is 0 Å². The van der Waals surface area contributed by atoms with E-state index in [0.717, 1.165) is 43.8 Å². The Balaban J connectivity index is 1.50. The van der Waals surface area contributed by atoms with E-state index < -0.39 is 0 Å². The lowest BCUT2D eigenvalue weighted by atomic mass is 9.87. The Morgan fingerprint density at radius 1 is 1.28 bits per heavy atom. The minimum Gasteiger partial charge on any atom is -0.341 e. The molecule has 2 N–H and O–H groups in total. The average Bonchev–Trinajstić information content (AvgIpc) is 3.16. The van der Waals surface area contributed by atoms with Gasteiger partial charge in [-0.1, -0.05) is 24.5 Å². The minimum atomic E-state index is -0.353. The van der Waals surface area contributed by atoms with Gasteiger partial charge in [0, 0.05) is 25.2 Å². The lowest BCUT2D eigenvalue weighted by Crippen LogP contribution is -2.47. The summed E-state index contributed by atoms with van der Waals surface area (Å²) in [5.74, 6) is 1.64. The van der Waals surface area contributed by atoms with Crippen molar-refractivity contribution in [1.82, 2.24) is 19.9 Å². The first kappa shape index (κ1) is 18.7. The molecule has 1 atom stereocenters. The third kappa shape index (κ3) is 4.76. The summed E-state index contributed by atoms with van der Waals surface area (Å²) in [6, 6.07) is 0.00425. The molecule has 3 rings (SSSR count). The number of rotatable bonds is 6. The van der Waals surface area contributed by atoms with Gasteiger partial charge < -0.3 is 10.6 Å². The summed E-state index contributed by atoms with van der Waals surface area (Å²) < 4.78 is 2.04. The maximum absolute atomic E-state index is 12.4. The van der Waals surface area contributed by atoms with Gasteiger partial charge in [-0.05, 0) is 44.1 Å². The Morgan fingerprint density at radius 2 is 2.00 bits per heavy atom. The summed E-state index contributed by atoms with van der Waals surface area (Å²) in [4.78, 5) is 14.3. The Morgan fingerprint density at radius 3 is 2.68 bits per heavy atom. The van der Waals surface area contributed by atoms with Crippen LogP contribution >= 0.6 is 11.8 Å². The number of piperidine rings is 1. The van der Waals surface area contributed by atoms with Gasteiger partial charge in [-0.3, -0.25) is 4.79 Å². The highest BCUT2D eigenvalue weighted by molar-refractivity contribution is 7.98. The molecular formula is C18H31N5OS. The summed E-state index contributed by atoms with van der Waals surface area (Å²) in [5, 5.41) is 8.84. The first-order valence-electron chi connectivity index (χ1n) is 9.64. The molecule has 25 heavy (non-hydrogen) atoms. The molecule has 1 amide bonds. The summed E-state index contributed by atoms with van der Waals surface area (Å²) in [6.45, 7) is 1.55. The predicted molar refractivity (Wildman–Crippen MR) is 102 cm³/mol. The number of likely N-dealkylation sites (tertiary alicyclic amines) is 1. The van der Waals surface area contributed by atoms with Gasteiger partial charge in [-0.2, -0.15) is 11.8 Å². The van der Waals surface area contributed by atoms with Crippen LogP contribution in [0.3, 0.4) is 0 Å². The second kappa shape index (κ2) is 9.03. The zero-order chi connectivity index (χ0) is 17.6. The SMILES string of the molecule is CSCC[C@H](N)C(=O)N1CCC(n2cc(C3CCCCC3)nn2)CC1. The van der Waals surface area contributed by atoms with Crippen LogP contribution in [0.2, 0.25) is 0 Å². The summed E-state index contributed by atoms with van der Waals surface area (Å²) in [6.07, 6.45) is 13.3. The zero-order valence-corrected chi connectivity index (χ0v) is 16.1. The third-order valence-electron chi connectivity index (χ3n) is 5.65. The van der Waals surface area contributed by atoms with E-state index >= 15 is 0 Å². The van der Waals surface area contributed by atoms with Gasteiger partial charge in [0.25, 0.3) is 0 Å². The smallest absolute Gasteiger partial charge is 0.239 e. The monoisotopic (exact) mass is 365 g/mol. The molecular weight excluding hydrogens is 334 g/mol. The van der Waals surface area contributed by atoms with Crippen molar-refractivity contribution in [3.05, 3.63) is 11.9 Å². The van der Waals surface area contributed by atoms with Gasteiger partial charge in [-0.25, -0.2) is 4.68 Å². The molecule has 0 spiro atoms. The van der Waals surface area contributed by atoms with Gasteiger partial charge in [0.2, 0.25) is 5.91 Å². The molecule has 1 aliphatic carbocycles. The summed E-state index contributed by atoms with van der Waals surface area (Å²) >= 11 is 1.74. The number of aromatic nitrogens is 3. The number of carbonyl (C=O) groups is 1. The minimum absolute atomic E-state index is 0.106. The molecule has 140 valence electrons. The quantitative estimate of drug-likeness (QED) is 0.838. The Hall–Kier alpha value is -1.08. The molecule has 1 saturated carbocycles. The van der Waals surface area contributed by atoms with Crippen molar-refractivity contribution in [3.8, 4) is 0 Å². The second-order valence-electron chi connectivity index (χ2n) is 7.40. The fourth-order valence-corrected chi connectivity index (χ4v) is 4.50. The van der Waals surface area contributed by atoms with E-state index in [-0.39, 0.29) is 11.9 Å². The largest absolute Gasteiger partial charge is 0.341 e. The van der Waals surface area contributed by atoms with Crippen molar-refractivity contribution in [1.29, 1.82) is 0 Å². The van der Waals surface area contributed by atoms with E-state index in [1.54, 1.807) is 11.8 Å². The molecule has 0 radical (unpaired) electrons. The van der Waals surface area contributed by atoms with E-state index in [1.165, 1.54) is 32.1 Å². The van der Waals surface area contributed by atoms with Crippen molar-refractivity contribution in [3.63, 3.8) is 0 Å². The Labute approximate surface area is 154 Å². The number of nitrogens with zero attached hydrogens (tertiary/aromatic N) is 4. The highest BCUT2D eigenvalue weighted by atomic mass is 32.2. The van der Waals surface area contributed by atoms with Crippen LogP contribution in [0, 0.1) is 0 Å². The molecule has 2 heterocycles. The number of carbonyl (C=O) groups excluding carboxylic acids is 1. The highest BCUT2D eigenvalue weighted by Crippen LogP contribution is 2.32. The lowest BCUT2D eigenvalue weighted by molar-refractivity contribution is -0.134. The molecule has 1 saturated heterocycles. The molecule has 6 nitrogen and oxygen atoms in total. The van der Waals surface area contributed by atoms with E-state index in [2.05, 4.69) is 16.5 Å². The van der Waals surface area contributed by atoms with Crippen molar-refractivity contribution in [2.75, 3.05) is 25.1 Å². The molecule has 0 unspecified atom stereocenters. The topological polar surface area (TPSA) is 77.0 Å². The third-order valence-corrected chi connectivity index (χ3v) is 6.30. The lowest BCUT2D eigenvalue weighted by Gasteiger charge is -2.33. The van der Waals surface area contributed by atoms with Crippen molar-refractivity contribution in [2.24, 2.45) is 5.73 Å². The molecule has 0 bridgehead atoms. The average molecular weight is 366 g/mol. The molecule has 2 fully saturated rings. The van der Waals surface area contributed by atoms with Gasteiger partial charge in [-0.15, -0.1) is 5.10 Å². The maximum Gasteiger partial charge on any atom is 0.239 e. The number of nitrogens with two attached hydrogens (primary N) is 1. The van der Waals surface area contributed by atoms with E-state index in [4.69, 9.17) is 5.73 Å². The number of hydrogen-bond acceptors (Lipinski definition) is 5. The van der Waals surface area contributed by atoms with Crippen molar-refractivity contribution in [2.45, 2.75) is 69.4 Å². The first-order chi connectivity index (χ1) is 12.2.